The number of hydrogen-bond acceptors (Lipinski definition) is 4. The zero-order valence-electron chi connectivity index (χ0n) is 17.4. The molecule has 0 bridgehead atoms. The van der Waals surface area contributed by atoms with Gasteiger partial charge in [0.25, 0.3) is 5.91 Å². The van der Waals surface area contributed by atoms with Crippen molar-refractivity contribution in [3.63, 3.8) is 0 Å². The maximum atomic E-state index is 13.3. The number of ether oxygens (including phenoxy) is 1. The van der Waals surface area contributed by atoms with Crippen LogP contribution in [-0.2, 0) is 19.5 Å². The highest BCUT2D eigenvalue weighted by Crippen LogP contribution is 2.31. The first-order valence-electron chi connectivity index (χ1n) is 10.1. The van der Waals surface area contributed by atoms with E-state index in [4.69, 9.17) is 11.3 Å². The molecule has 7 nitrogen and oxygen atoms in total. The van der Waals surface area contributed by atoms with Crippen molar-refractivity contribution in [2.75, 3.05) is 13.2 Å². The molecule has 0 atom stereocenters. The molecule has 0 saturated carbocycles. The fraction of sp³-hybridized carbons (Fsp3) is 0.304. The van der Waals surface area contributed by atoms with E-state index >= 15 is 0 Å². The fourth-order valence-electron chi connectivity index (χ4n) is 3.77. The van der Waals surface area contributed by atoms with Crippen molar-refractivity contribution < 1.29 is 9.53 Å². The van der Waals surface area contributed by atoms with E-state index in [9.17, 15) is 4.79 Å². The van der Waals surface area contributed by atoms with Crippen LogP contribution in [0.25, 0.3) is 4.85 Å². The topological polar surface area (TPSA) is 64.6 Å². The van der Waals surface area contributed by atoms with Crippen molar-refractivity contribution in [1.29, 1.82) is 0 Å². The number of pyridine rings is 1. The zero-order chi connectivity index (χ0) is 22.0. The van der Waals surface area contributed by atoms with Gasteiger partial charge < -0.3 is 14.2 Å². The highest BCUT2D eigenvalue weighted by atomic mass is 79.9. The molecule has 4 rings (SSSR count). The van der Waals surface area contributed by atoms with Crippen molar-refractivity contribution in [3.8, 4) is 5.75 Å². The van der Waals surface area contributed by atoms with E-state index in [1.807, 2.05) is 26.1 Å². The molecule has 0 N–H and O–H groups in total. The second-order valence-electron chi connectivity index (χ2n) is 7.37. The number of carbonyl (C=O) groups is 1. The number of carbonyl (C=O) groups excluding carboxylic acids is 1. The van der Waals surface area contributed by atoms with Crippen molar-refractivity contribution in [2.45, 2.75) is 33.4 Å². The van der Waals surface area contributed by atoms with Crippen LogP contribution in [0.15, 0.2) is 41.3 Å². The van der Waals surface area contributed by atoms with Crippen LogP contribution in [0.3, 0.4) is 0 Å². The van der Waals surface area contributed by atoms with E-state index in [0.29, 0.717) is 43.4 Å². The van der Waals surface area contributed by atoms with Gasteiger partial charge in [0, 0.05) is 41.7 Å². The Hall–Kier alpha value is -3.18. The normalized spacial score (nSPS) is 13.1. The lowest BCUT2D eigenvalue weighted by molar-refractivity contribution is 0.0724. The maximum absolute atomic E-state index is 13.3. The van der Waals surface area contributed by atoms with E-state index in [0.717, 1.165) is 33.4 Å². The quantitative estimate of drug-likeness (QED) is 0.486. The molecule has 1 aromatic carbocycles. The summed E-state index contributed by atoms with van der Waals surface area (Å²) in [6, 6.07) is 5.82. The largest absolute Gasteiger partial charge is 0.505 e. The third-order valence-electron chi connectivity index (χ3n) is 5.36. The third-order valence-corrected chi connectivity index (χ3v) is 6.06. The number of amides is 1. The molecule has 0 saturated heterocycles. The molecule has 2 aromatic heterocycles. The number of hydrogen-bond donors (Lipinski definition) is 0. The van der Waals surface area contributed by atoms with Gasteiger partial charge in [-0.05, 0) is 49.6 Å². The Morgan fingerprint density at radius 2 is 2.10 bits per heavy atom. The highest BCUT2D eigenvalue weighted by molar-refractivity contribution is 9.10. The Morgan fingerprint density at radius 3 is 2.81 bits per heavy atom. The fourth-order valence-corrected chi connectivity index (χ4v) is 4.48. The monoisotopic (exact) mass is 479 g/mol. The predicted molar refractivity (Wildman–Crippen MR) is 120 cm³/mol. The molecule has 1 aliphatic rings. The van der Waals surface area contributed by atoms with Crippen LogP contribution >= 0.6 is 15.9 Å². The summed E-state index contributed by atoms with van der Waals surface area (Å²) in [5.41, 5.74) is 3.89. The van der Waals surface area contributed by atoms with Gasteiger partial charge in [-0.25, -0.2) is 9.83 Å². The molecule has 31 heavy (non-hydrogen) atoms. The van der Waals surface area contributed by atoms with E-state index in [2.05, 4.69) is 41.4 Å². The Labute approximate surface area is 189 Å². The van der Waals surface area contributed by atoms with Gasteiger partial charge in [-0.3, -0.25) is 9.78 Å². The summed E-state index contributed by atoms with van der Waals surface area (Å²) in [4.78, 5) is 27.2. The van der Waals surface area contributed by atoms with Crippen LogP contribution in [0.4, 0.5) is 5.69 Å². The van der Waals surface area contributed by atoms with Gasteiger partial charge in [0.2, 0.25) is 5.69 Å². The van der Waals surface area contributed by atoms with E-state index < -0.39 is 0 Å². The summed E-state index contributed by atoms with van der Waals surface area (Å²) in [7, 11) is 0. The standard InChI is InChI=1S/C23H22BrN5O2/c1-4-31-22-11-17(27-12-21(22)25-3)14-29-7-5-18-19(23(29)30)9-16(10-20(18)24)13-28-8-6-26-15(28)2/h6,8-12H,4-5,7,13-14H2,1-2H3. The molecule has 158 valence electrons. The van der Waals surface area contributed by atoms with E-state index in [-0.39, 0.29) is 5.91 Å². The van der Waals surface area contributed by atoms with E-state index in [1.165, 1.54) is 6.20 Å². The molecule has 1 aliphatic heterocycles. The summed E-state index contributed by atoms with van der Waals surface area (Å²) in [6.45, 7) is 13.2. The number of nitrogens with zero attached hydrogens (tertiary/aromatic N) is 5. The molecule has 8 heteroatoms. The highest BCUT2D eigenvalue weighted by Gasteiger charge is 2.27. The number of rotatable bonds is 6. The minimum Gasteiger partial charge on any atom is -0.505 e. The first kappa shape index (κ1) is 21.1. The van der Waals surface area contributed by atoms with Gasteiger partial charge >= 0.3 is 0 Å². The second kappa shape index (κ2) is 8.90. The number of aryl methyl sites for hydroxylation is 1. The summed E-state index contributed by atoms with van der Waals surface area (Å²) in [5, 5.41) is 0. The summed E-state index contributed by atoms with van der Waals surface area (Å²) >= 11 is 3.66. The Bertz CT molecular complexity index is 1180. The number of fused-ring (bicyclic) bond motifs is 1. The molecule has 3 aromatic rings. The lowest BCUT2D eigenvalue weighted by Crippen LogP contribution is -2.37. The van der Waals surface area contributed by atoms with Crippen molar-refractivity contribution in [3.05, 3.63) is 80.9 Å². The van der Waals surface area contributed by atoms with Crippen LogP contribution < -0.4 is 4.74 Å². The predicted octanol–water partition coefficient (Wildman–Crippen LogP) is 4.55. The Kier molecular flexibility index (Phi) is 6.05. The third kappa shape index (κ3) is 4.32. The van der Waals surface area contributed by atoms with Gasteiger partial charge in [-0.15, -0.1) is 0 Å². The number of benzene rings is 1. The first-order chi connectivity index (χ1) is 15.0. The van der Waals surface area contributed by atoms with Crippen LogP contribution in [-0.4, -0.2) is 38.5 Å². The number of aromatic nitrogens is 3. The van der Waals surface area contributed by atoms with Crippen molar-refractivity contribution in [1.82, 2.24) is 19.4 Å². The maximum Gasteiger partial charge on any atom is 0.254 e. The van der Waals surface area contributed by atoms with Crippen molar-refractivity contribution >= 4 is 27.5 Å². The smallest absolute Gasteiger partial charge is 0.254 e. The molecule has 3 heterocycles. The van der Waals surface area contributed by atoms with Gasteiger partial charge in [0.15, 0.2) is 0 Å². The van der Waals surface area contributed by atoms with Gasteiger partial charge in [0.1, 0.15) is 11.6 Å². The molecule has 0 radical (unpaired) electrons. The molecular weight excluding hydrogens is 458 g/mol. The van der Waals surface area contributed by atoms with E-state index in [1.54, 1.807) is 17.2 Å². The Balaban J connectivity index is 1.59. The summed E-state index contributed by atoms with van der Waals surface area (Å²) in [5.74, 6) is 1.43. The Morgan fingerprint density at radius 1 is 1.26 bits per heavy atom. The van der Waals surface area contributed by atoms with Crippen LogP contribution in [0.5, 0.6) is 5.75 Å². The minimum absolute atomic E-state index is 0.0137. The lowest BCUT2D eigenvalue weighted by atomic mass is 9.96. The average Bonchev–Trinajstić information content (AvgIpc) is 3.15. The van der Waals surface area contributed by atoms with Gasteiger partial charge in [-0.1, -0.05) is 15.9 Å². The zero-order valence-corrected chi connectivity index (χ0v) is 19.0. The van der Waals surface area contributed by atoms with Crippen LogP contribution in [0.2, 0.25) is 0 Å². The second-order valence-corrected chi connectivity index (χ2v) is 8.23. The molecule has 0 fully saturated rings. The molecule has 0 unspecified atom stereocenters. The molecule has 0 spiro atoms. The van der Waals surface area contributed by atoms with Crippen molar-refractivity contribution in [2.24, 2.45) is 0 Å². The number of imidazole rings is 1. The van der Waals surface area contributed by atoms with Crippen LogP contribution in [0.1, 0.15) is 39.9 Å². The molecule has 1 amide bonds. The summed E-state index contributed by atoms with van der Waals surface area (Å²) < 4.78 is 8.58. The van der Waals surface area contributed by atoms with Gasteiger partial charge in [0.05, 0.1) is 25.4 Å². The molecular formula is C23H22BrN5O2. The molecule has 0 aliphatic carbocycles. The van der Waals surface area contributed by atoms with Crippen LogP contribution in [0, 0.1) is 13.5 Å². The minimum atomic E-state index is -0.0137. The summed E-state index contributed by atoms with van der Waals surface area (Å²) in [6.07, 6.45) is 5.99. The first-order valence-corrected chi connectivity index (χ1v) is 10.9. The van der Waals surface area contributed by atoms with Gasteiger partial charge in [-0.2, -0.15) is 0 Å². The SMILES string of the molecule is [C-]#[N+]c1cnc(CN2CCc3c(Br)cc(Cn4ccnc4C)cc3C2=O)cc1OCC. The lowest BCUT2D eigenvalue weighted by Gasteiger charge is -2.29. The average molecular weight is 480 g/mol. The number of halogens is 1.